The lowest BCUT2D eigenvalue weighted by molar-refractivity contribution is -0.148. The van der Waals surface area contributed by atoms with Gasteiger partial charge in [0.25, 0.3) is 0 Å². The summed E-state index contributed by atoms with van der Waals surface area (Å²) in [4.78, 5) is 12.0. The van der Waals surface area contributed by atoms with Gasteiger partial charge in [0.05, 0.1) is 19.1 Å². The Morgan fingerprint density at radius 3 is 2.09 bits per heavy atom. The molecule has 0 aliphatic carbocycles. The lowest BCUT2D eigenvalue weighted by atomic mass is 9.98. The van der Waals surface area contributed by atoms with Crippen molar-refractivity contribution in [3.05, 3.63) is 34.9 Å². The van der Waals surface area contributed by atoms with E-state index in [-0.39, 0.29) is 23.0 Å². The maximum Gasteiger partial charge on any atom is 0.311 e. The summed E-state index contributed by atoms with van der Waals surface area (Å²) in [6.07, 6.45) is -0.328. The molecule has 5 heteroatoms. The highest BCUT2D eigenvalue weighted by molar-refractivity contribution is 6.74. The fourth-order valence-corrected chi connectivity index (χ4v) is 3.37. The number of esters is 1. The fraction of sp³-hybridized carbons (Fsp3) is 0.588. The highest BCUT2D eigenvalue weighted by atomic mass is 35.5. The zero-order valence-corrected chi connectivity index (χ0v) is 16.3. The first-order valence-electron chi connectivity index (χ1n) is 7.50. The van der Waals surface area contributed by atoms with Crippen molar-refractivity contribution < 1.29 is 14.0 Å². The van der Waals surface area contributed by atoms with E-state index < -0.39 is 8.32 Å². The second-order valence-corrected chi connectivity index (χ2v) is 12.4. The number of hydrogen-bond acceptors (Lipinski definition) is 3. The lowest BCUT2D eigenvalue weighted by Crippen LogP contribution is -2.43. The molecular weight excluding hydrogens is 316 g/mol. The van der Waals surface area contributed by atoms with Crippen molar-refractivity contribution in [1.29, 1.82) is 0 Å². The number of halogens is 1. The predicted molar refractivity (Wildman–Crippen MR) is 93.7 cm³/mol. The molecule has 1 aromatic rings. The van der Waals surface area contributed by atoms with Crippen molar-refractivity contribution in [3.63, 3.8) is 0 Å². The number of carbonyl (C=O) groups excluding carboxylic acids is 1. The zero-order chi connectivity index (χ0) is 17.1. The lowest BCUT2D eigenvalue weighted by Gasteiger charge is -2.40. The SMILES string of the molecule is COC(=O)[C@H](C)[C@@H](O[Si](C)(C)C(C)(C)C)c1ccc(Cl)cc1. The Balaban J connectivity index is 3.17. The summed E-state index contributed by atoms with van der Waals surface area (Å²) in [5.41, 5.74) is 0.951. The van der Waals surface area contributed by atoms with E-state index in [1.165, 1.54) is 7.11 Å². The van der Waals surface area contributed by atoms with Crippen molar-refractivity contribution in [2.24, 2.45) is 5.92 Å². The van der Waals surface area contributed by atoms with Gasteiger partial charge in [0, 0.05) is 5.02 Å². The second-order valence-electron chi connectivity index (χ2n) is 7.16. The van der Waals surface area contributed by atoms with E-state index >= 15 is 0 Å². The van der Waals surface area contributed by atoms with Crippen LogP contribution in [0.1, 0.15) is 39.4 Å². The van der Waals surface area contributed by atoms with E-state index in [9.17, 15) is 4.79 Å². The Bertz CT molecular complexity index is 506. The zero-order valence-electron chi connectivity index (χ0n) is 14.6. The van der Waals surface area contributed by atoms with E-state index in [0.717, 1.165) is 5.56 Å². The average molecular weight is 343 g/mol. The standard InChI is InChI=1S/C17H27ClO3Si/c1-12(16(19)20-5)15(13-8-10-14(18)11-9-13)21-22(6,7)17(2,3)4/h8-12,15H,1-7H3/t12-,15-/m1/s1. The third kappa shape index (κ3) is 4.57. The van der Waals surface area contributed by atoms with Gasteiger partial charge in [-0.1, -0.05) is 44.5 Å². The van der Waals surface area contributed by atoms with Crippen molar-refractivity contribution in [3.8, 4) is 0 Å². The van der Waals surface area contributed by atoms with Crippen LogP contribution < -0.4 is 0 Å². The van der Waals surface area contributed by atoms with Crippen LogP contribution in [0.15, 0.2) is 24.3 Å². The Morgan fingerprint density at radius 1 is 1.18 bits per heavy atom. The summed E-state index contributed by atoms with van der Waals surface area (Å²) >= 11 is 5.97. The number of benzene rings is 1. The molecule has 0 unspecified atom stereocenters. The summed E-state index contributed by atoms with van der Waals surface area (Å²) in [6, 6.07) is 7.48. The van der Waals surface area contributed by atoms with Gasteiger partial charge in [0.2, 0.25) is 0 Å². The van der Waals surface area contributed by atoms with Crippen LogP contribution in [0.25, 0.3) is 0 Å². The van der Waals surface area contributed by atoms with Crippen LogP contribution in [-0.4, -0.2) is 21.4 Å². The van der Waals surface area contributed by atoms with E-state index in [2.05, 4.69) is 33.9 Å². The van der Waals surface area contributed by atoms with Crippen molar-refractivity contribution in [2.45, 2.75) is 51.9 Å². The summed E-state index contributed by atoms with van der Waals surface area (Å²) in [6.45, 7) is 12.8. The third-order valence-corrected chi connectivity index (χ3v) is 9.16. The molecule has 0 bridgehead atoms. The molecule has 124 valence electrons. The third-order valence-electron chi connectivity index (χ3n) is 4.45. The number of carbonyl (C=O) groups is 1. The highest BCUT2D eigenvalue weighted by Crippen LogP contribution is 2.41. The molecule has 0 saturated heterocycles. The molecule has 1 rings (SSSR count). The first-order chi connectivity index (χ1) is 9.99. The molecule has 0 saturated carbocycles. The number of rotatable bonds is 5. The first kappa shape index (κ1) is 19.2. The Kier molecular flexibility index (Phi) is 6.24. The topological polar surface area (TPSA) is 35.5 Å². The van der Waals surface area contributed by atoms with Crippen LogP contribution in [0.4, 0.5) is 0 Å². The summed E-state index contributed by atoms with van der Waals surface area (Å²) < 4.78 is 11.4. The maximum atomic E-state index is 12.0. The maximum absolute atomic E-state index is 12.0. The molecule has 0 amide bonds. The number of methoxy groups -OCH3 is 1. The molecule has 0 aliphatic rings. The van der Waals surface area contributed by atoms with Gasteiger partial charge in [-0.2, -0.15) is 0 Å². The number of ether oxygens (including phenoxy) is 1. The van der Waals surface area contributed by atoms with Crippen molar-refractivity contribution in [1.82, 2.24) is 0 Å². The monoisotopic (exact) mass is 342 g/mol. The Morgan fingerprint density at radius 2 is 1.68 bits per heavy atom. The van der Waals surface area contributed by atoms with E-state index in [0.29, 0.717) is 5.02 Å². The predicted octanol–water partition coefficient (Wildman–Crippen LogP) is 5.21. The van der Waals surface area contributed by atoms with Gasteiger partial charge in [-0.15, -0.1) is 0 Å². The molecule has 0 heterocycles. The summed E-state index contributed by atoms with van der Waals surface area (Å²) in [5, 5.41) is 0.730. The van der Waals surface area contributed by atoms with Crippen LogP contribution in [0.3, 0.4) is 0 Å². The summed E-state index contributed by atoms with van der Waals surface area (Å²) in [7, 11) is -0.620. The van der Waals surface area contributed by atoms with Gasteiger partial charge in [0.1, 0.15) is 0 Å². The van der Waals surface area contributed by atoms with E-state index in [1.807, 2.05) is 31.2 Å². The second kappa shape index (κ2) is 7.15. The molecule has 0 aromatic heterocycles. The largest absolute Gasteiger partial charge is 0.469 e. The molecule has 0 radical (unpaired) electrons. The van der Waals surface area contributed by atoms with Crippen LogP contribution in [0, 0.1) is 5.92 Å². The minimum absolute atomic E-state index is 0.0630. The van der Waals surface area contributed by atoms with Gasteiger partial charge in [-0.3, -0.25) is 4.79 Å². The minimum Gasteiger partial charge on any atom is -0.469 e. The smallest absolute Gasteiger partial charge is 0.311 e. The highest BCUT2D eigenvalue weighted by Gasteiger charge is 2.41. The first-order valence-corrected chi connectivity index (χ1v) is 10.8. The molecule has 0 N–H and O–H groups in total. The molecule has 0 spiro atoms. The molecule has 2 atom stereocenters. The molecule has 1 aromatic carbocycles. The molecule has 22 heavy (non-hydrogen) atoms. The van der Waals surface area contributed by atoms with Gasteiger partial charge in [-0.05, 0) is 42.8 Å². The fourth-order valence-electron chi connectivity index (χ4n) is 1.91. The molecule has 0 aliphatic heterocycles. The van der Waals surface area contributed by atoms with Crippen LogP contribution in [-0.2, 0) is 14.0 Å². The average Bonchev–Trinajstić information content (AvgIpc) is 2.43. The van der Waals surface area contributed by atoms with Crippen molar-refractivity contribution >= 4 is 25.9 Å². The minimum atomic E-state index is -2.03. The van der Waals surface area contributed by atoms with Crippen molar-refractivity contribution in [2.75, 3.05) is 7.11 Å². The molecule has 0 fully saturated rings. The van der Waals surface area contributed by atoms with Crippen LogP contribution >= 0.6 is 11.6 Å². The van der Waals surface area contributed by atoms with Crippen LogP contribution in [0.5, 0.6) is 0 Å². The van der Waals surface area contributed by atoms with Gasteiger partial charge >= 0.3 is 5.97 Å². The normalized spacial score (nSPS) is 15.3. The molecular formula is C17H27ClO3Si. The molecule has 3 nitrogen and oxygen atoms in total. The van der Waals surface area contributed by atoms with E-state index in [4.69, 9.17) is 20.8 Å². The van der Waals surface area contributed by atoms with Gasteiger partial charge < -0.3 is 9.16 Å². The Hall–Kier alpha value is -0.843. The number of hydrogen-bond donors (Lipinski definition) is 0. The summed E-state index contributed by atoms with van der Waals surface area (Å²) in [5.74, 6) is -0.640. The quantitative estimate of drug-likeness (QED) is 0.544. The van der Waals surface area contributed by atoms with Gasteiger partial charge in [0.15, 0.2) is 8.32 Å². The van der Waals surface area contributed by atoms with E-state index in [1.54, 1.807) is 0 Å². The van der Waals surface area contributed by atoms with Crippen LogP contribution in [0.2, 0.25) is 23.2 Å². The van der Waals surface area contributed by atoms with Gasteiger partial charge in [-0.25, -0.2) is 0 Å². The Labute approximate surface area is 140 Å².